The molecule has 1 heterocycles. The van der Waals surface area contributed by atoms with Crippen molar-refractivity contribution >= 4 is 17.8 Å². The summed E-state index contributed by atoms with van der Waals surface area (Å²) in [4.78, 5) is 25.4. The van der Waals surface area contributed by atoms with Gasteiger partial charge in [0.25, 0.3) is 0 Å². The molecule has 0 unspecified atom stereocenters. The van der Waals surface area contributed by atoms with Gasteiger partial charge in [-0.3, -0.25) is 0 Å². The van der Waals surface area contributed by atoms with Crippen LogP contribution >= 0.6 is 0 Å². The molecule has 1 rings (SSSR count). The van der Waals surface area contributed by atoms with Crippen molar-refractivity contribution in [3.05, 3.63) is 11.5 Å². The second-order valence-electron chi connectivity index (χ2n) is 6.14. The van der Waals surface area contributed by atoms with Gasteiger partial charge in [-0.05, 0) is 41.5 Å². The number of aryl methyl sites for hydroxylation is 2. The molecule has 3 amide bonds. The van der Waals surface area contributed by atoms with Crippen molar-refractivity contribution in [2.75, 3.05) is 25.0 Å². The van der Waals surface area contributed by atoms with Crippen LogP contribution in [0.3, 0.4) is 0 Å². The van der Waals surface area contributed by atoms with Gasteiger partial charge in [0.2, 0.25) is 0 Å². The molecule has 0 bridgehead atoms. The van der Waals surface area contributed by atoms with E-state index in [1.165, 1.54) is 4.90 Å². The first-order chi connectivity index (χ1) is 10.6. The standard InChI is InChI=1S/C15H26N4O4/c1-7-19(14(21)22-15(4,5)6)9-8-16-13(20)17-12-10(2)18-23-11(12)3/h7-9H2,1-6H3,(H2,16,17,20). The molecule has 2 N–H and O–H groups in total. The fourth-order valence-corrected chi connectivity index (χ4v) is 1.83. The van der Waals surface area contributed by atoms with Gasteiger partial charge in [0.05, 0.1) is 0 Å². The monoisotopic (exact) mass is 326 g/mol. The third kappa shape index (κ3) is 6.17. The van der Waals surface area contributed by atoms with Crippen molar-refractivity contribution in [2.24, 2.45) is 0 Å². The molecule has 0 aliphatic heterocycles. The van der Waals surface area contributed by atoms with Crippen LogP contribution in [0, 0.1) is 13.8 Å². The molecule has 0 aliphatic carbocycles. The number of ether oxygens (including phenoxy) is 1. The highest BCUT2D eigenvalue weighted by molar-refractivity contribution is 5.90. The summed E-state index contributed by atoms with van der Waals surface area (Å²) in [7, 11) is 0. The van der Waals surface area contributed by atoms with Gasteiger partial charge in [-0.2, -0.15) is 0 Å². The lowest BCUT2D eigenvalue weighted by Gasteiger charge is -2.26. The first-order valence-electron chi connectivity index (χ1n) is 7.59. The molecule has 0 saturated heterocycles. The average molecular weight is 326 g/mol. The number of carbonyl (C=O) groups is 2. The summed E-state index contributed by atoms with van der Waals surface area (Å²) in [5.74, 6) is 0.543. The lowest BCUT2D eigenvalue weighted by atomic mass is 10.2. The minimum absolute atomic E-state index is 0.308. The molecule has 1 aromatic rings. The van der Waals surface area contributed by atoms with E-state index in [4.69, 9.17) is 9.26 Å². The molecule has 0 aliphatic rings. The molecule has 8 nitrogen and oxygen atoms in total. The predicted octanol–water partition coefficient (Wildman–Crippen LogP) is 2.67. The Morgan fingerprint density at radius 3 is 2.43 bits per heavy atom. The second-order valence-corrected chi connectivity index (χ2v) is 6.14. The SMILES string of the molecule is CCN(CCNC(=O)Nc1c(C)noc1C)C(=O)OC(C)(C)C. The van der Waals surface area contributed by atoms with Crippen LogP contribution in [0.4, 0.5) is 15.3 Å². The lowest BCUT2D eigenvalue weighted by Crippen LogP contribution is -2.42. The normalized spacial score (nSPS) is 11.0. The van der Waals surface area contributed by atoms with E-state index >= 15 is 0 Å². The second kappa shape index (κ2) is 7.85. The Hall–Kier alpha value is -2.25. The van der Waals surface area contributed by atoms with E-state index in [0.29, 0.717) is 36.8 Å². The van der Waals surface area contributed by atoms with Crippen LogP contribution in [0.25, 0.3) is 0 Å². The molecule has 0 atom stereocenters. The number of nitrogens with zero attached hydrogens (tertiary/aromatic N) is 2. The number of likely N-dealkylation sites (N-methyl/N-ethyl adjacent to an activating group) is 1. The zero-order chi connectivity index (χ0) is 17.6. The zero-order valence-corrected chi connectivity index (χ0v) is 14.6. The molecule has 23 heavy (non-hydrogen) atoms. The van der Waals surface area contributed by atoms with Gasteiger partial charge < -0.3 is 24.8 Å². The van der Waals surface area contributed by atoms with E-state index < -0.39 is 11.7 Å². The van der Waals surface area contributed by atoms with Crippen LogP contribution in [0.2, 0.25) is 0 Å². The Morgan fingerprint density at radius 1 is 1.30 bits per heavy atom. The maximum atomic E-state index is 12.0. The van der Waals surface area contributed by atoms with Crippen LogP contribution in [-0.2, 0) is 4.74 Å². The highest BCUT2D eigenvalue weighted by Gasteiger charge is 2.21. The molecule has 0 saturated carbocycles. The Morgan fingerprint density at radius 2 is 1.96 bits per heavy atom. The van der Waals surface area contributed by atoms with Crippen molar-refractivity contribution in [3.63, 3.8) is 0 Å². The molecular formula is C15H26N4O4. The van der Waals surface area contributed by atoms with Crippen LogP contribution < -0.4 is 10.6 Å². The maximum Gasteiger partial charge on any atom is 0.410 e. The van der Waals surface area contributed by atoms with Gasteiger partial charge in [0, 0.05) is 19.6 Å². The molecule has 1 aromatic heterocycles. The van der Waals surface area contributed by atoms with E-state index in [-0.39, 0.29) is 6.03 Å². The summed E-state index contributed by atoms with van der Waals surface area (Å²) >= 11 is 0. The fourth-order valence-electron chi connectivity index (χ4n) is 1.83. The van der Waals surface area contributed by atoms with E-state index in [1.54, 1.807) is 13.8 Å². The number of rotatable bonds is 5. The quantitative estimate of drug-likeness (QED) is 0.867. The van der Waals surface area contributed by atoms with Gasteiger partial charge >= 0.3 is 12.1 Å². The van der Waals surface area contributed by atoms with E-state index in [9.17, 15) is 9.59 Å². The largest absolute Gasteiger partial charge is 0.444 e. The van der Waals surface area contributed by atoms with E-state index in [0.717, 1.165) is 0 Å². The Balaban J connectivity index is 2.42. The molecule has 0 spiro atoms. The smallest absolute Gasteiger partial charge is 0.410 e. The van der Waals surface area contributed by atoms with Gasteiger partial charge in [-0.1, -0.05) is 5.16 Å². The minimum atomic E-state index is -0.543. The summed E-state index contributed by atoms with van der Waals surface area (Å²) in [5.41, 5.74) is 0.627. The third-order valence-corrected chi connectivity index (χ3v) is 2.97. The Bertz CT molecular complexity index is 529. The predicted molar refractivity (Wildman–Crippen MR) is 86.5 cm³/mol. The molecule has 130 valence electrons. The van der Waals surface area contributed by atoms with Gasteiger partial charge in [0.15, 0.2) is 5.76 Å². The maximum absolute atomic E-state index is 12.0. The summed E-state index contributed by atoms with van der Waals surface area (Å²) < 4.78 is 10.3. The molecule has 0 radical (unpaired) electrons. The number of urea groups is 1. The summed E-state index contributed by atoms with van der Waals surface area (Å²) in [5, 5.41) is 9.13. The lowest BCUT2D eigenvalue weighted by molar-refractivity contribution is 0.0263. The summed E-state index contributed by atoms with van der Waals surface area (Å²) in [6.07, 6.45) is -0.395. The third-order valence-electron chi connectivity index (χ3n) is 2.97. The van der Waals surface area contributed by atoms with Crippen molar-refractivity contribution in [2.45, 2.75) is 47.1 Å². The highest BCUT2D eigenvalue weighted by Crippen LogP contribution is 2.18. The molecule has 0 fully saturated rings. The average Bonchev–Trinajstić information content (AvgIpc) is 2.73. The minimum Gasteiger partial charge on any atom is -0.444 e. The fraction of sp³-hybridized carbons (Fsp3) is 0.667. The molecular weight excluding hydrogens is 300 g/mol. The molecule has 8 heteroatoms. The van der Waals surface area contributed by atoms with Crippen molar-refractivity contribution in [1.82, 2.24) is 15.4 Å². The molecule has 0 aromatic carbocycles. The van der Waals surface area contributed by atoms with Gasteiger partial charge in [-0.25, -0.2) is 9.59 Å². The topological polar surface area (TPSA) is 96.7 Å². The zero-order valence-electron chi connectivity index (χ0n) is 14.6. The Labute approximate surface area is 136 Å². The first-order valence-corrected chi connectivity index (χ1v) is 7.59. The van der Waals surface area contributed by atoms with Crippen molar-refractivity contribution in [3.8, 4) is 0 Å². The number of aromatic nitrogens is 1. The number of amides is 3. The number of hydrogen-bond donors (Lipinski definition) is 2. The number of hydrogen-bond acceptors (Lipinski definition) is 5. The summed E-state index contributed by atoms with van der Waals surface area (Å²) in [6, 6.07) is -0.375. The van der Waals surface area contributed by atoms with Crippen LogP contribution in [0.1, 0.15) is 39.1 Å². The summed E-state index contributed by atoms with van der Waals surface area (Å²) in [6.45, 7) is 11.9. The van der Waals surface area contributed by atoms with E-state index in [2.05, 4.69) is 15.8 Å². The number of nitrogens with one attached hydrogen (secondary N) is 2. The van der Waals surface area contributed by atoms with E-state index in [1.807, 2.05) is 27.7 Å². The van der Waals surface area contributed by atoms with Crippen LogP contribution in [-0.4, -0.2) is 47.4 Å². The highest BCUT2D eigenvalue weighted by atomic mass is 16.6. The first kappa shape index (κ1) is 18.8. The number of carbonyl (C=O) groups excluding carboxylic acids is 2. The van der Waals surface area contributed by atoms with Crippen molar-refractivity contribution < 1.29 is 18.8 Å². The van der Waals surface area contributed by atoms with Gasteiger partial charge in [-0.15, -0.1) is 0 Å². The Kier molecular flexibility index (Phi) is 6.41. The van der Waals surface area contributed by atoms with Crippen LogP contribution in [0.15, 0.2) is 4.52 Å². The van der Waals surface area contributed by atoms with Crippen molar-refractivity contribution in [1.29, 1.82) is 0 Å². The number of anilines is 1. The van der Waals surface area contributed by atoms with Gasteiger partial charge in [0.1, 0.15) is 17.0 Å². The van der Waals surface area contributed by atoms with Crippen LogP contribution in [0.5, 0.6) is 0 Å².